The summed E-state index contributed by atoms with van der Waals surface area (Å²) >= 11 is 7.28. The van der Waals surface area contributed by atoms with Gasteiger partial charge < -0.3 is 0 Å². The second-order valence-corrected chi connectivity index (χ2v) is 6.49. The number of hydrogen-bond donors (Lipinski definition) is 1. The van der Waals surface area contributed by atoms with Crippen molar-refractivity contribution in [2.24, 2.45) is 0 Å². The molecule has 0 spiro atoms. The Hall–Kier alpha value is -2.24. The first-order valence-electron chi connectivity index (χ1n) is 7.09. The zero-order valence-electron chi connectivity index (χ0n) is 12.4. The number of amides is 1. The van der Waals surface area contributed by atoms with E-state index in [4.69, 9.17) is 11.6 Å². The molecule has 3 aromatic rings. The molecule has 3 rings (SSSR count). The van der Waals surface area contributed by atoms with Crippen LogP contribution in [0.5, 0.6) is 0 Å². The summed E-state index contributed by atoms with van der Waals surface area (Å²) in [6.45, 7) is 2.07. The van der Waals surface area contributed by atoms with Crippen LogP contribution in [0.1, 0.15) is 33.8 Å². The second-order valence-electron chi connectivity index (χ2n) is 5.04. The van der Waals surface area contributed by atoms with Gasteiger partial charge in [-0.2, -0.15) is 0 Å². The van der Waals surface area contributed by atoms with E-state index in [1.54, 1.807) is 24.3 Å². The molecule has 1 heterocycles. The number of nitrogens with zero attached hydrogens (tertiary/aromatic N) is 2. The van der Waals surface area contributed by atoms with Crippen LogP contribution in [0.15, 0.2) is 54.6 Å². The minimum atomic E-state index is -0.248. The standard InChI is InChI=1S/C17H14ClN3OS/c1-11(12-6-3-2-4-7-12)16-20-21-17(23-16)19-15(22)13-8-5-9-14(18)10-13/h2-11H,1H3,(H,19,21,22)/t11-/m0/s1. The molecule has 1 amide bonds. The van der Waals surface area contributed by atoms with Gasteiger partial charge in [-0.15, -0.1) is 10.2 Å². The normalized spacial score (nSPS) is 11.9. The molecule has 0 aliphatic rings. The summed E-state index contributed by atoms with van der Waals surface area (Å²) in [7, 11) is 0. The molecule has 0 bridgehead atoms. The van der Waals surface area contributed by atoms with E-state index in [1.807, 2.05) is 18.2 Å². The van der Waals surface area contributed by atoms with Crippen molar-refractivity contribution in [2.75, 3.05) is 5.32 Å². The fraction of sp³-hybridized carbons (Fsp3) is 0.118. The maximum absolute atomic E-state index is 12.2. The Morgan fingerprint density at radius 1 is 1.13 bits per heavy atom. The first-order valence-corrected chi connectivity index (χ1v) is 8.28. The smallest absolute Gasteiger partial charge is 0.257 e. The Morgan fingerprint density at radius 2 is 1.91 bits per heavy atom. The highest BCUT2D eigenvalue weighted by molar-refractivity contribution is 7.15. The number of carbonyl (C=O) groups is 1. The summed E-state index contributed by atoms with van der Waals surface area (Å²) in [6, 6.07) is 16.9. The molecule has 0 saturated heterocycles. The monoisotopic (exact) mass is 343 g/mol. The van der Waals surface area contributed by atoms with Crippen LogP contribution < -0.4 is 5.32 Å². The van der Waals surface area contributed by atoms with E-state index in [2.05, 4.69) is 34.6 Å². The Morgan fingerprint density at radius 3 is 2.65 bits per heavy atom. The van der Waals surface area contributed by atoms with Crippen LogP contribution in [0.2, 0.25) is 5.02 Å². The van der Waals surface area contributed by atoms with Crippen molar-refractivity contribution >= 4 is 34.0 Å². The van der Waals surface area contributed by atoms with Gasteiger partial charge >= 0.3 is 0 Å². The highest BCUT2D eigenvalue weighted by atomic mass is 35.5. The quantitative estimate of drug-likeness (QED) is 0.753. The van der Waals surface area contributed by atoms with Gasteiger partial charge in [0.15, 0.2) is 0 Å². The van der Waals surface area contributed by atoms with Gasteiger partial charge in [-0.3, -0.25) is 10.1 Å². The predicted octanol–water partition coefficient (Wildman–Crippen LogP) is 4.60. The zero-order valence-corrected chi connectivity index (χ0v) is 13.9. The lowest BCUT2D eigenvalue weighted by atomic mass is 10.0. The van der Waals surface area contributed by atoms with E-state index < -0.39 is 0 Å². The van der Waals surface area contributed by atoms with E-state index in [1.165, 1.54) is 11.3 Å². The van der Waals surface area contributed by atoms with Crippen molar-refractivity contribution in [1.29, 1.82) is 0 Å². The summed E-state index contributed by atoms with van der Waals surface area (Å²) in [5.41, 5.74) is 1.65. The van der Waals surface area contributed by atoms with E-state index in [-0.39, 0.29) is 11.8 Å². The first-order chi connectivity index (χ1) is 11.1. The molecule has 116 valence electrons. The highest BCUT2D eigenvalue weighted by Gasteiger charge is 2.15. The van der Waals surface area contributed by atoms with Gasteiger partial charge in [-0.05, 0) is 23.8 Å². The Bertz CT molecular complexity index is 819. The van der Waals surface area contributed by atoms with Gasteiger partial charge in [0.05, 0.1) is 0 Å². The number of carbonyl (C=O) groups excluding carboxylic acids is 1. The van der Waals surface area contributed by atoms with Gasteiger partial charge in [-0.25, -0.2) is 0 Å². The SMILES string of the molecule is C[C@@H](c1ccccc1)c1nnc(NC(=O)c2cccc(Cl)c2)s1. The molecule has 6 heteroatoms. The Balaban J connectivity index is 1.73. The summed E-state index contributed by atoms with van der Waals surface area (Å²) in [5, 5.41) is 12.9. The molecule has 1 aromatic heterocycles. The van der Waals surface area contributed by atoms with Crippen LogP contribution in [-0.4, -0.2) is 16.1 Å². The van der Waals surface area contributed by atoms with Gasteiger partial charge in [0.25, 0.3) is 5.91 Å². The van der Waals surface area contributed by atoms with Crippen molar-refractivity contribution in [3.8, 4) is 0 Å². The molecular formula is C17H14ClN3OS. The van der Waals surface area contributed by atoms with Gasteiger partial charge in [0, 0.05) is 16.5 Å². The molecule has 0 fully saturated rings. The molecule has 1 atom stereocenters. The number of nitrogens with one attached hydrogen (secondary N) is 1. The van der Waals surface area contributed by atoms with Crippen LogP contribution in [0.25, 0.3) is 0 Å². The number of halogens is 1. The molecule has 1 N–H and O–H groups in total. The zero-order chi connectivity index (χ0) is 16.2. The highest BCUT2D eigenvalue weighted by Crippen LogP contribution is 2.28. The third-order valence-corrected chi connectivity index (χ3v) is 4.67. The van der Waals surface area contributed by atoms with Crippen molar-refractivity contribution in [3.63, 3.8) is 0 Å². The predicted molar refractivity (Wildman–Crippen MR) is 93.3 cm³/mol. The van der Waals surface area contributed by atoms with Gasteiger partial charge in [0.1, 0.15) is 5.01 Å². The van der Waals surface area contributed by atoms with E-state index in [0.717, 1.165) is 10.6 Å². The lowest BCUT2D eigenvalue weighted by molar-refractivity contribution is 0.102. The van der Waals surface area contributed by atoms with Crippen molar-refractivity contribution < 1.29 is 4.79 Å². The molecule has 0 radical (unpaired) electrons. The van der Waals surface area contributed by atoms with Crippen molar-refractivity contribution in [3.05, 3.63) is 75.8 Å². The molecule has 0 saturated carbocycles. The van der Waals surface area contributed by atoms with E-state index >= 15 is 0 Å². The maximum Gasteiger partial charge on any atom is 0.257 e. The summed E-state index contributed by atoms with van der Waals surface area (Å²) in [6.07, 6.45) is 0. The average Bonchev–Trinajstić information content (AvgIpc) is 3.03. The largest absolute Gasteiger partial charge is 0.296 e. The Labute approximate surface area is 143 Å². The number of hydrogen-bond acceptors (Lipinski definition) is 4. The topological polar surface area (TPSA) is 54.9 Å². The van der Waals surface area contributed by atoms with Crippen LogP contribution in [0, 0.1) is 0 Å². The Kier molecular flexibility index (Phi) is 4.69. The molecule has 4 nitrogen and oxygen atoms in total. The molecule has 0 aliphatic heterocycles. The van der Waals surface area contributed by atoms with Gasteiger partial charge in [-0.1, -0.05) is 66.3 Å². The number of aromatic nitrogens is 2. The number of rotatable bonds is 4. The van der Waals surface area contributed by atoms with Crippen LogP contribution in [0.4, 0.5) is 5.13 Å². The molecular weight excluding hydrogens is 330 g/mol. The maximum atomic E-state index is 12.2. The minimum absolute atomic E-state index is 0.130. The van der Waals surface area contributed by atoms with E-state index in [0.29, 0.717) is 15.7 Å². The van der Waals surface area contributed by atoms with Crippen LogP contribution in [-0.2, 0) is 0 Å². The molecule has 23 heavy (non-hydrogen) atoms. The third-order valence-electron chi connectivity index (χ3n) is 3.42. The first kappa shape index (κ1) is 15.6. The van der Waals surface area contributed by atoms with Crippen LogP contribution in [0.3, 0.4) is 0 Å². The fourth-order valence-corrected chi connectivity index (χ4v) is 3.15. The molecule has 2 aromatic carbocycles. The van der Waals surface area contributed by atoms with E-state index in [9.17, 15) is 4.79 Å². The molecule has 0 aliphatic carbocycles. The lowest BCUT2D eigenvalue weighted by Crippen LogP contribution is -2.11. The van der Waals surface area contributed by atoms with Crippen molar-refractivity contribution in [2.45, 2.75) is 12.8 Å². The van der Waals surface area contributed by atoms with Gasteiger partial charge in [0.2, 0.25) is 5.13 Å². The second kappa shape index (κ2) is 6.89. The van der Waals surface area contributed by atoms with Crippen LogP contribution >= 0.6 is 22.9 Å². The number of benzene rings is 2. The fourth-order valence-electron chi connectivity index (χ4n) is 2.14. The molecule has 0 unspecified atom stereocenters. The lowest BCUT2D eigenvalue weighted by Gasteiger charge is -2.06. The summed E-state index contributed by atoms with van der Waals surface area (Å²) < 4.78 is 0. The summed E-state index contributed by atoms with van der Waals surface area (Å²) in [4.78, 5) is 12.2. The number of anilines is 1. The average molecular weight is 344 g/mol. The summed E-state index contributed by atoms with van der Waals surface area (Å²) in [5.74, 6) is -0.118. The third kappa shape index (κ3) is 3.75. The minimum Gasteiger partial charge on any atom is -0.296 e. The van der Waals surface area contributed by atoms with Crippen molar-refractivity contribution in [1.82, 2.24) is 10.2 Å².